The van der Waals surface area contributed by atoms with E-state index in [0.29, 0.717) is 36.0 Å². The molecule has 6 nitrogen and oxygen atoms in total. The van der Waals surface area contributed by atoms with Gasteiger partial charge in [-0.05, 0) is 31.4 Å². The van der Waals surface area contributed by atoms with Gasteiger partial charge >= 0.3 is 6.18 Å². The molecule has 160 valence electrons. The number of hydrogen-bond acceptors (Lipinski definition) is 4. The number of fused-ring (bicyclic) bond motifs is 1. The number of hydrogen-bond donors (Lipinski definition) is 1. The van der Waals surface area contributed by atoms with E-state index in [1.807, 2.05) is 0 Å². The highest BCUT2D eigenvalue weighted by atomic mass is 35.5. The first-order chi connectivity index (χ1) is 14.2. The molecule has 0 saturated carbocycles. The summed E-state index contributed by atoms with van der Waals surface area (Å²) in [5, 5.41) is 13.5. The number of aliphatic hydroxyl groups is 1. The summed E-state index contributed by atoms with van der Waals surface area (Å²) in [6.45, 7) is 2.28. The summed E-state index contributed by atoms with van der Waals surface area (Å²) in [7, 11) is 0. The third-order valence-corrected chi connectivity index (χ3v) is 4.88. The van der Waals surface area contributed by atoms with E-state index in [2.05, 4.69) is 10.1 Å². The molecule has 3 rings (SSSR count). The van der Waals surface area contributed by atoms with Crippen LogP contribution in [0, 0.1) is 0 Å². The molecule has 10 heteroatoms. The van der Waals surface area contributed by atoms with Crippen molar-refractivity contribution >= 4 is 28.7 Å². The van der Waals surface area contributed by atoms with Crippen LogP contribution >= 0.6 is 11.6 Å². The lowest BCUT2D eigenvalue weighted by Gasteiger charge is -2.28. The van der Waals surface area contributed by atoms with Crippen molar-refractivity contribution in [3.63, 3.8) is 0 Å². The largest absolute Gasteiger partial charge is 0.433 e. The van der Waals surface area contributed by atoms with Crippen molar-refractivity contribution in [2.45, 2.75) is 32.0 Å². The Morgan fingerprint density at radius 3 is 2.53 bits per heavy atom. The molecule has 1 aliphatic rings. The molecule has 1 aliphatic heterocycles. The molecular weight excluding hydrogens is 421 g/mol. The minimum Gasteiger partial charge on any atom is -0.393 e. The second kappa shape index (κ2) is 9.01. The maximum atomic E-state index is 13.7. The maximum Gasteiger partial charge on any atom is 0.433 e. The molecule has 3 heterocycles. The summed E-state index contributed by atoms with van der Waals surface area (Å²) in [6, 6.07) is 2.16. The Bertz CT molecular complexity index is 1020. The van der Waals surface area contributed by atoms with E-state index in [0.717, 1.165) is 6.07 Å². The monoisotopic (exact) mass is 440 g/mol. The predicted octanol–water partition coefficient (Wildman–Crippen LogP) is 4.06. The summed E-state index contributed by atoms with van der Waals surface area (Å²) in [5.41, 5.74) is 0.719. The number of rotatable bonds is 4. The number of carbonyl (C=O) groups is 1. The van der Waals surface area contributed by atoms with Gasteiger partial charge in [0.15, 0.2) is 17.0 Å². The van der Waals surface area contributed by atoms with Gasteiger partial charge in [-0.25, -0.2) is 9.50 Å². The van der Waals surface area contributed by atoms with Crippen LogP contribution in [0.5, 0.6) is 0 Å². The Morgan fingerprint density at radius 2 is 1.90 bits per heavy atom. The highest BCUT2D eigenvalue weighted by Gasteiger charge is 2.36. The quantitative estimate of drug-likeness (QED) is 0.728. The molecule has 1 fully saturated rings. The van der Waals surface area contributed by atoms with Crippen LogP contribution in [0.4, 0.5) is 13.2 Å². The minimum atomic E-state index is -4.69. The van der Waals surface area contributed by atoms with Gasteiger partial charge in [0.25, 0.3) is 5.91 Å². The third kappa shape index (κ3) is 4.91. The van der Waals surface area contributed by atoms with Crippen molar-refractivity contribution in [3.05, 3.63) is 59.1 Å². The fourth-order valence-electron chi connectivity index (χ4n) is 3.11. The summed E-state index contributed by atoms with van der Waals surface area (Å²) in [4.78, 5) is 18.4. The molecular formula is C20H20ClF3N4O2. The van der Waals surface area contributed by atoms with Crippen LogP contribution in [-0.4, -0.2) is 49.7 Å². The van der Waals surface area contributed by atoms with Crippen molar-refractivity contribution in [2.75, 3.05) is 13.1 Å². The van der Waals surface area contributed by atoms with Crippen molar-refractivity contribution in [1.29, 1.82) is 0 Å². The molecule has 1 N–H and O–H groups in total. The van der Waals surface area contributed by atoms with E-state index in [4.69, 9.17) is 11.6 Å². The van der Waals surface area contributed by atoms with Crippen molar-refractivity contribution in [1.82, 2.24) is 19.5 Å². The highest BCUT2D eigenvalue weighted by molar-refractivity contribution is 6.25. The van der Waals surface area contributed by atoms with E-state index < -0.39 is 23.9 Å². The van der Waals surface area contributed by atoms with Crippen LogP contribution in [-0.2, 0) is 6.18 Å². The van der Waals surface area contributed by atoms with Crippen LogP contribution in [0.2, 0.25) is 0 Å². The number of carbonyl (C=O) groups excluding carboxylic acids is 1. The molecule has 0 bridgehead atoms. The smallest absolute Gasteiger partial charge is 0.393 e. The topological polar surface area (TPSA) is 70.7 Å². The number of aliphatic hydroxyl groups excluding tert-OH is 1. The van der Waals surface area contributed by atoms with Crippen molar-refractivity contribution in [2.24, 2.45) is 0 Å². The van der Waals surface area contributed by atoms with E-state index in [1.54, 1.807) is 31.2 Å². The molecule has 0 atom stereocenters. The zero-order valence-electron chi connectivity index (χ0n) is 16.1. The normalized spacial score (nSPS) is 17.0. The lowest BCUT2D eigenvalue weighted by molar-refractivity contribution is -0.142. The molecule has 1 amide bonds. The Morgan fingerprint density at radius 1 is 1.20 bits per heavy atom. The van der Waals surface area contributed by atoms with Crippen molar-refractivity contribution < 1.29 is 23.1 Å². The van der Waals surface area contributed by atoms with Crippen molar-refractivity contribution in [3.8, 4) is 0 Å². The predicted molar refractivity (Wildman–Crippen MR) is 107 cm³/mol. The van der Waals surface area contributed by atoms with Gasteiger partial charge in [-0.1, -0.05) is 35.9 Å². The molecule has 0 radical (unpaired) electrons. The number of halogens is 4. The SMILES string of the molecule is C\C(=C/C=C\C=C\Cl)c1cc(C(F)(F)F)n2nc(C(=O)N3CCC(O)CC3)cc2n1. The Balaban J connectivity index is 2.01. The lowest BCUT2D eigenvalue weighted by atomic mass is 10.1. The van der Waals surface area contributed by atoms with Gasteiger partial charge in [0.2, 0.25) is 0 Å². The van der Waals surface area contributed by atoms with E-state index in [9.17, 15) is 23.1 Å². The molecule has 2 aromatic rings. The average Bonchev–Trinajstić information content (AvgIpc) is 3.13. The van der Waals surface area contributed by atoms with Gasteiger partial charge in [0, 0.05) is 24.7 Å². The number of alkyl halides is 3. The van der Waals surface area contributed by atoms with Crippen LogP contribution in [0.3, 0.4) is 0 Å². The third-order valence-electron chi connectivity index (χ3n) is 4.73. The lowest BCUT2D eigenvalue weighted by Crippen LogP contribution is -2.40. The summed E-state index contributed by atoms with van der Waals surface area (Å²) < 4.78 is 41.6. The molecule has 30 heavy (non-hydrogen) atoms. The number of amides is 1. The summed E-state index contributed by atoms with van der Waals surface area (Å²) in [5.74, 6) is -0.481. The summed E-state index contributed by atoms with van der Waals surface area (Å²) in [6.07, 6.45) is 2.12. The number of allylic oxidation sites excluding steroid dienone is 5. The van der Waals surface area contributed by atoms with Crippen LogP contribution < -0.4 is 0 Å². The molecule has 0 aliphatic carbocycles. The van der Waals surface area contributed by atoms with Gasteiger partial charge in [-0.3, -0.25) is 4.79 Å². The van der Waals surface area contributed by atoms with Gasteiger partial charge in [-0.15, -0.1) is 0 Å². The number of likely N-dealkylation sites (tertiary alicyclic amines) is 1. The van der Waals surface area contributed by atoms with E-state index in [-0.39, 0.29) is 17.0 Å². The average molecular weight is 441 g/mol. The molecule has 0 spiro atoms. The zero-order valence-corrected chi connectivity index (χ0v) is 16.9. The van der Waals surface area contributed by atoms with Gasteiger partial charge < -0.3 is 10.0 Å². The van der Waals surface area contributed by atoms with E-state index >= 15 is 0 Å². The maximum absolute atomic E-state index is 13.7. The Hall–Kier alpha value is -2.65. The fourth-order valence-corrected chi connectivity index (χ4v) is 3.19. The zero-order chi connectivity index (χ0) is 21.9. The second-order valence-electron chi connectivity index (χ2n) is 6.90. The number of nitrogens with zero attached hydrogens (tertiary/aromatic N) is 4. The van der Waals surface area contributed by atoms with Gasteiger partial charge in [0.05, 0.1) is 11.8 Å². The fraction of sp³-hybridized carbons (Fsp3) is 0.350. The first kappa shape index (κ1) is 22.0. The molecule has 2 aromatic heterocycles. The van der Waals surface area contributed by atoms with Gasteiger partial charge in [-0.2, -0.15) is 18.3 Å². The first-order valence-corrected chi connectivity index (χ1v) is 9.70. The second-order valence-corrected chi connectivity index (χ2v) is 7.15. The van der Waals surface area contributed by atoms with Crippen LogP contribution in [0.15, 0.2) is 42.0 Å². The van der Waals surface area contributed by atoms with Crippen LogP contribution in [0.1, 0.15) is 41.6 Å². The number of aromatic nitrogens is 3. The standard InChI is InChI=1S/C20H20ClF3N4O2/c1-13(5-3-2-4-8-21)15-11-17(20(22,23)24)28-18(25-15)12-16(26-28)19(30)27-9-6-14(29)7-10-27/h2-5,8,11-12,14,29H,6-7,9-10H2,1H3/b3-2-,8-4+,13-5+. The molecule has 1 saturated heterocycles. The Labute approximate surface area is 176 Å². The first-order valence-electron chi connectivity index (χ1n) is 9.26. The minimum absolute atomic E-state index is 0.0717. The Kier molecular flexibility index (Phi) is 6.62. The highest BCUT2D eigenvalue weighted by Crippen LogP contribution is 2.31. The molecule has 0 aromatic carbocycles. The van der Waals surface area contributed by atoms with Gasteiger partial charge in [0.1, 0.15) is 0 Å². The number of piperidine rings is 1. The molecule has 0 unspecified atom stereocenters. The van der Waals surface area contributed by atoms with Crippen LogP contribution in [0.25, 0.3) is 11.2 Å². The summed E-state index contributed by atoms with van der Waals surface area (Å²) >= 11 is 5.42. The van der Waals surface area contributed by atoms with E-state index in [1.165, 1.54) is 16.5 Å².